The zero-order valence-corrected chi connectivity index (χ0v) is 11.6. The Kier molecular flexibility index (Phi) is 2.36. The smallest absolute Gasteiger partial charge is 0.142 e. The number of hydrogen-bond acceptors (Lipinski definition) is 2. The van der Waals surface area contributed by atoms with E-state index in [0.29, 0.717) is 0 Å². The normalized spacial score (nSPS) is 13.8. The van der Waals surface area contributed by atoms with Gasteiger partial charge in [0.1, 0.15) is 17.2 Å². The maximum Gasteiger partial charge on any atom is 0.142 e. The van der Waals surface area contributed by atoms with Crippen LogP contribution in [0.5, 0.6) is 0 Å². The van der Waals surface area contributed by atoms with Gasteiger partial charge in [0.15, 0.2) is 0 Å². The summed E-state index contributed by atoms with van der Waals surface area (Å²) in [5.41, 5.74) is 13.3. The summed E-state index contributed by atoms with van der Waals surface area (Å²) in [4.78, 5) is 4.75. The van der Waals surface area contributed by atoms with Crippen molar-refractivity contribution in [2.45, 2.75) is 26.2 Å². The van der Waals surface area contributed by atoms with Crippen molar-refractivity contribution < 1.29 is 0 Å². The van der Waals surface area contributed by atoms with E-state index in [1.54, 1.807) is 0 Å². The van der Waals surface area contributed by atoms with Crippen LogP contribution in [-0.2, 0) is 12.8 Å². The van der Waals surface area contributed by atoms with E-state index in [1.165, 1.54) is 30.4 Å². The fourth-order valence-electron chi connectivity index (χ4n) is 3.15. The highest BCUT2D eigenvalue weighted by molar-refractivity contribution is 5.76. The minimum atomic E-state index is 0.724. The Morgan fingerprint density at radius 3 is 2.85 bits per heavy atom. The van der Waals surface area contributed by atoms with Crippen molar-refractivity contribution >= 4 is 11.5 Å². The molecule has 1 aliphatic rings. The fourth-order valence-corrected chi connectivity index (χ4v) is 3.15. The van der Waals surface area contributed by atoms with Crippen LogP contribution < -0.4 is 5.73 Å². The molecule has 0 saturated carbocycles. The highest BCUT2D eigenvalue weighted by atomic mass is 15.1. The monoisotopic (exact) mass is 263 g/mol. The molecule has 20 heavy (non-hydrogen) atoms. The first-order valence-corrected chi connectivity index (χ1v) is 7.09. The van der Waals surface area contributed by atoms with E-state index in [9.17, 15) is 0 Å². The van der Waals surface area contributed by atoms with Crippen LogP contribution in [0.15, 0.2) is 36.5 Å². The molecule has 0 aliphatic heterocycles. The van der Waals surface area contributed by atoms with Crippen molar-refractivity contribution in [3.8, 4) is 11.3 Å². The molecule has 3 heteroatoms. The molecule has 1 aromatic carbocycles. The van der Waals surface area contributed by atoms with Gasteiger partial charge in [-0.05, 0) is 55.0 Å². The molecule has 0 bridgehead atoms. The second-order valence-corrected chi connectivity index (χ2v) is 5.57. The van der Waals surface area contributed by atoms with Gasteiger partial charge in [-0.3, -0.25) is 4.40 Å². The molecule has 100 valence electrons. The Morgan fingerprint density at radius 1 is 1.15 bits per heavy atom. The van der Waals surface area contributed by atoms with Crippen LogP contribution in [0.25, 0.3) is 16.9 Å². The Bertz CT molecular complexity index is 814. The predicted octanol–water partition coefficient (Wildman–Crippen LogP) is 3.38. The molecule has 2 aromatic heterocycles. The van der Waals surface area contributed by atoms with Crippen molar-refractivity contribution in [1.29, 1.82) is 0 Å². The minimum Gasteiger partial charge on any atom is -0.383 e. The van der Waals surface area contributed by atoms with Gasteiger partial charge in [-0.1, -0.05) is 18.2 Å². The van der Waals surface area contributed by atoms with E-state index >= 15 is 0 Å². The highest BCUT2D eigenvalue weighted by Crippen LogP contribution is 2.31. The second kappa shape index (κ2) is 4.10. The molecule has 3 nitrogen and oxygen atoms in total. The Morgan fingerprint density at radius 2 is 2.00 bits per heavy atom. The number of nitrogen functional groups attached to an aromatic ring is 1. The Hall–Kier alpha value is -2.29. The molecule has 3 aromatic rings. The van der Waals surface area contributed by atoms with Gasteiger partial charge in [0.25, 0.3) is 0 Å². The number of nitrogens with zero attached hydrogens (tertiary/aromatic N) is 2. The lowest BCUT2D eigenvalue weighted by Gasteiger charge is -2.03. The quantitative estimate of drug-likeness (QED) is 0.731. The van der Waals surface area contributed by atoms with Gasteiger partial charge in [0.2, 0.25) is 0 Å². The summed E-state index contributed by atoms with van der Waals surface area (Å²) in [7, 11) is 0. The molecule has 0 saturated heterocycles. The zero-order chi connectivity index (χ0) is 13.7. The number of pyridine rings is 1. The average molecular weight is 263 g/mol. The molecule has 0 spiro atoms. The van der Waals surface area contributed by atoms with Crippen molar-refractivity contribution in [2.24, 2.45) is 0 Å². The second-order valence-electron chi connectivity index (χ2n) is 5.57. The molecule has 4 rings (SSSR count). The lowest BCUT2D eigenvalue weighted by Crippen LogP contribution is -1.94. The summed E-state index contributed by atoms with van der Waals surface area (Å²) in [6, 6.07) is 10.7. The summed E-state index contributed by atoms with van der Waals surface area (Å²) in [6.45, 7) is 2.06. The molecule has 0 atom stereocenters. The standard InChI is InChI=1S/C17H17N3/c1-11-4-3-9-20-16(18)15(19-17(11)20)14-8-7-12-5-2-6-13(12)10-14/h3-4,7-10H,2,5-6,18H2,1H3. The molecule has 2 N–H and O–H groups in total. The molecular weight excluding hydrogens is 246 g/mol. The first-order chi connectivity index (χ1) is 9.74. The summed E-state index contributed by atoms with van der Waals surface area (Å²) >= 11 is 0. The fraction of sp³-hybridized carbons (Fsp3) is 0.235. The van der Waals surface area contributed by atoms with Gasteiger partial charge < -0.3 is 5.73 Å². The van der Waals surface area contributed by atoms with E-state index in [0.717, 1.165) is 28.3 Å². The number of nitrogens with two attached hydrogens (primary N) is 1. The highest BCUT2D eigenvalue weighted by Gasteiger charge is 2.16. The van der Waals surface area contributed by atoms with Crippen molar-refractivity contribution in [3.05, 3.63) is 53.2 Å². The number of aromatic nitrogens is 2. The van der Waals surface area contributed by atoms with Gasteiger partial charge in [0.05, 0.1) is 0 Å². The summed E-state index contributed by atoms with van der Waals surface area (Å²) in [5, 5.41) is 0. The van der Waals surface area contributed by atoms with Crippen molar-refractivity contribution in [3.63, 3.8) is 0 Å². The topological polar surface area (TPSA) is 43.3 Å². The van der Waals surface area contributed by atoms with E-state index in [-0.39, 0.29) is 0 Å². The molecular formula is C17H17N3. The van der Waals surface area contributed by atoms with E-state index in [4.69, 9.17) is 10.7 Å². The van der Waals surface area contributed by atoms with Crippen LogP contribution >= 0.6 is 0 Å². The van der Waals surface area contributed by atoms with E-state index < -0.39 is 0 Å². The number of aryl methyl sites for hydroxylation is 3. The third-order valence-electron chi connectivity index (χ3n) is 4.25. The van der Waals surface area contributed by atoms with Crippen LogP contribution in [0.2, 0.25) is 0 Å². The number of imidazole rings is 1. The van der Waals surface area contributed by atoms with Gasteiger partial charge in [-0.15, -0.1) is 0 Å². The summed E-state index contributed by atoms with van der Waals surface area (Å²) in [5.74, 6) is 0.724. The van der Waals surface area contributed by atoms with Crippen LogP contribution in [0, 0.1) is 6.92 Å². The first-order valence-electron chi connectivity index (χ1n) is 7.09. The van der Waals surface area contributed by atoms with Crippen LogP contribution in [0.1, 0.15) is 23.1 Å². The van der Waals surface area contributed by atoms with Gasteiger partial charge in [-0.25, -0.2) is 4.98 Å². The van der Waals surface area contributed by atoms with Crippen LogP contribution in [0.4, 0.5) is 5.82 Å². The first kappa shape index (κ1) is 11.5. The molecule has 0 unspecified atom stereocenters. The maximum atomic E-state index is 6.29. The summed E-state index contributed by atoms with van der Waals surface area (Å²) < 4.78 is 1.97. The predicted molar refractivity (Wildman–Crippen MR) is 81.8 cm³/mol. The van der Waals surface area contributed by atoms with Gasteiger partial charge in [0, 0.05) is 11.8 Å². The number of hydrogen-bond donors (Lipinski definition) is 1. The minimum absolute atomic E-state index is 0.724. The van der Waals surface area contributed by atoms with Gasteiger partial charge in [-0.2, -0.15) is 0 Å². The number of anilines is 1. The van der Waals surface area contributed by atoms with Crippen molar-refractivity contribution in [1.82, 2.24) is 9.38 Å². The summed E-state index contributed by atoms with van der Waals surface area (Å²) in [6.07, 6.45) is 5.62. The SMILES string of the molecule is Cc1cccn2c(N)c(-c3ccc4c(c3)CCC4)nc12. The van der Waals surface area contributed by atoms with Crippen molar-refractivity contribution in [2.75, 3.05) is 5.73 Å². The molecule has 0 fully saturated rings. The molecule has 2 heterocycles. The molecule has 1 aliphatic carbocycles. The van der Waals surface area contributed by atoms with E-state index in [2.05, 4.69) is 31.2 Å². The Labute approximate surface area is 118 Å². The molecule has 0 radical (unpaired) electrons. The number of benzene rings is 1. The lowest BCUT2D eigenvalue weighted by molar-refractivity contribution is 0.912. The van der Waals surface area contributed by atoms with Crippen LogP contribution in [-0.4, -0.2) is 9.38 Å². The lowest BCUT2D eigenvalue weighted by atomic mass is 10.0. The van der Waals surface area contributed by atoms with E-state index in [1.807, 2.05) is 16.7 Å². The zero-order valence-electron chi connectivity index (χ0n) is 11.6. The number of fused-ring (bicyclic) bond motifs is 2. The van der Waals surface area contributed by atoms with Crippen LogP contribution in [0.3, 0.4) is 0 Å². The average Bonchev–Trinajstić information content (AvgIpc) is 3.04. The third kappa shape index (κ3) is 1.56. The van der Waals surface area contributed by atoms with Gasteiger partial charge >= 0.3 is 0 Å². The largest absolute Gasteiger partial charge is 0.383 e. The Balaban J connectivity index is 1.94. The number of rotatable bonds is 1. The third-order valence-corrected chi connectivity index (χ3v) is 4.25. The molecule has 0 amide bonds. The maximum absolute atomic E-state index is 6.29.